The summed E-state index contributed by atoms with van der Waals surface area (Å²) >= 11 is 0. The van der Waals surface area contributed by atoms with Gasteiger partial charge in [-0.25, -0.2) is 8.42 Å². The maximum atomic E-state index is 12.0. The van der Waals surface area contributed by atoms with Crippen molar-refractivity contribution in [3.05, 3.63) is 54.1 Å². The topological polar surface area (TPSA) is 72.5 Å². The van der Waals surface area contributed by atoms with Crippen molar-refractivity contribution in [3.63, 3.8) is 0 Å². The largest absolute Gasteiger partial charge is 1.00 e. The molecular formula is C28H41N2NaO3S. The Labute approximate surface area is 235 Å². The van der Waals surface area contributed by atoms with Crippen LogP contribution in [0.3, 0.4) is 0 Å². The molecule has 7 heteroatoms. The molecule has 2 aromatic rings. The number of anilines is 2. The molecule has 0 aromatic heterocycles. The summed E-state index contributed by atoms with van der Waals surface area (Å²) in [6, 6.07) is 14.9. The normalized spacial score (nSPS) is 14.9. The second-order valence-corrected chi connectivity index (χ2v) is 10.9. The summed E-state index contributed by atoms with van der Waals surface area (Å²) in [5.41, 5.74) is 2.34. The zero-order chi connectivity index (χ0) is 24.2. The van der Waals surface area contributed by atoms with Gasteiger partial charge in [-0.15, -0.1) is 0 Å². The van der Waals surface area contributed by atoms with E-state index in [-0.39, 0.29) is 40.6 Å². The van der Waals surface area contributed by atoms with Crippen molar-refractivity contribution in [2.45, 2.75) is 108 Å². The van der Waals surface area contributed by atoms with Crippen molar-refractivity contribution in [3.8, 4) is 0 Å². The van der Waals surface area contributed by atoms with Gasteiger partial charge in [0.1, 0.15) is 10.1 Å². The summed E-state index contributed by atoms with van der Waals surface area (Å²) in [5, 5.41) is 3.48. The monoisotopic (exact) mass is 508 g/mol. The van der Waals surface area contributed by atoms with Crippen molar-refractivity contribution in [2.75, 3.05) is 10.2 Å². The maximum absolute atomic E-state index is 12.0. The van der Waals surface area contributed by atoms with E-state index >= 15 is 0 Å². The number of unbranched alkanes of at least 4 members (excludes halogenated alkanes) is 11. The van der Waals surface area contributed by atoms with Crippen LogP contribution in [0, 0.1) is 0 Å². The van der Waals surface area contributed by atoms with E-state index in [4.69, 9.17) is 0 Å². The molecule has 1 N–H and O–H groups in total. The van der Waals surface area contributed by atoms with Gasteiger partial charge in [-0.05, 0) is 30.5 Å². The van der Waals surface area contributed by atoms with Gasteiger partial charge < -0.3 is 14.8 Å². The molecule has 2 aromatic carbocycles. The molecule has 0 amide bonds. The van der Waals surface area contributed by atoms with Gasteiger partial charge in [-0.3, -0.25) is 0 Å². The van der Waals surface area contributed by atoms with Crippen LogP contribution in [0.1, 0.15) is 96.0 Å². The molecule has 1 atom stereocenters. The quantitative estimate of drug-likeness (QED) is 0.206. The van der Waals surface area contributed by atoms with E-state index in [0.717, 1.165) is 24.1 Å². The van der Waals surface area contributed by atoms with E-state index in [2.05, 4.69) is 17.1 Å². The van der Waals surface area contributed by atoms with Crippen LogP contribution in [0.15, 0.2) is 53.4 Å². The number of hydrogen-bond donors (Lipinski definition) is 1. The minimum atomic E-state index is -4.56. The van der Waals surface area contributed by atoms with E-state index < -0.39 is 10.1 Å². The third-order valence-electron chi connectivity index (χ3n) is 6.78. The molecule has 0 spiro atoms. The summed E-state index contributed by atoms with van der Waals surface area (Å²) in [4.78, 5) is 1.93. The molecule has 1 aliphatic rings. The van der Waals surface area contributed by atoms with E-state index in [1.54, 1.807) is 6.07 Å². The van der Waals surface area contributed by atoms with Crippen molar-refractivity contribution < 1.29 is 42.5 Å². The molecule has 35 heavy (non-hydrogen) atoms. The van der Waals surface area contributed by atoms with Gasteiger partial charge in [-0.1, -0.05) is 114 Å². The van der Waals surface area contributed by atoms with Crippen LogP contribution in [0.4, 0.5) is 11.4 Å². The van der Waals surface area contributed by atoms with Crippen LogP contribution < -0.4 is 39.8 Å². The SMILES string of the molecule is CCCCCCCCCCCCCCC1Nc2cccc(S(=O)(=O)[O-])c2N1Cc1ccccc1.[Na+]. The Morgan fingerprint density at radius 1 is 0.800 bits per heavy atom. The van der Waals surface area contributed by atoms with Gasteiger partial charge in [0.05, 0.1) is 22.4 Å². The molecule has 0 radical (unpaired) electrons. The predicted octanol–water partition coefficient (Wildman–Crippen LogP) is 4.44. The zero-order valence-corrected chi connectivity index (χ0v) is 24.5. The first-order valence-corrected chi connectivity index (χ1v) is 14.6. The number of hydrogen-bond acceptors (Lipinski definition) is 5. The van der Waals surface area contributed by atoms with E-state index in [1.807, 2.05) is 36.4 Å². The van der Waals surface area contributed by atoms with E-state index in [9.17, 15) is 13.0 Å². The molecular weight excluding hydrogens is 467 g/mol. The van der Waals surface area contributed by atoms with Crippen LogP contribution >= 0.6 is 0 Å². The molecule has 188 valence electrons. The fourth-order valence-corrected chi connectivity index (χ4v) is 5.64. The van der Waals surface area contributed by atoms with Crippen LogP contribution in [0.2, 0.25) is 0 Å². The van der Waals surface area contributed by atoms with Gasteiger partial charge in [0.2, 0.25) is 0 Å². The molecule has 0 saturated heterocycles. The molecule has 1 unspecified atom stereocenters. The third-order valence-corrected chi connectivity index (χ3v) is 7.65. The predicted molar refractivity (Wildman–Crippen MR) is 140 cm³/mol. The van der Waals surface area contributed by atoms with E-state index in [1.165, 1.54) is 76.7 Å². The molecule has 5 nitrogen and oxygen atoms in total. The first-order chi connectivity index (χ1) is 16.5. The molecule has 0 bridgehead atoms. The van der Waals surface area contributed by atoms with Crippen LogP contribution in [0.25, 0.3) is 0 Å². The van der Waals surface area contributed by atoms with Crippen molar-refractivity contribution >= 4 is 21.5 Å². The van der Waals surface area contributed by atoms with E-state index in [0.29, 0.717) is 12.2 Å². The Kier molecular flexibility index (Phi) is 13.7. The van der Waals surface area contributed by atoms with Gasteiger partial charge >= 0.3 is 29.6 Å². The van der Waals surface area contributed by atoms with Gasteiger partial charge in [-0.2, -0.15) is 0 Å². The first-order valence-electron chi connectivity index (χ1n) is 13.2. The number of para-hydroxylation sites is 1. The summed E-state index contributed by atoms with van der Waals surface area (Å²) in [5.74, 6) is 0. The van der Waals surface area contributed by atoms with Crippen LogP contribution in [-0.2, 0) is 16.7 Å². The number of fused-ring (bicyclic) bond motifs is 1. The molecule has 0 saturated carbocycles. The number of benzene rings is 2. The minimum absolute atomic E-state index is 0. The average molecular weight is 509 g/mol. The zero-order valence-electron chi connectivity index (χ0n) is 21.7. The Morgan fingerprint density at radius 2 is 1.37 bits per heavy atom. The standard InChI is InChI=1S/C28H42N2O3S.Na/c1-2-3-4-5-6-7-8-9-10-11-12-16-22-27-29-25-20-17-21-26(34(31,32)33)28(25)30(27)23-24-18-14-13-15-19-24;/h13-15,17-21,27,29H,2-12,16,22-23H2,1H3,(H,31,32,33);/q;+1/p-1. The first kappa shape index (κ1) is 30.2. The van der Waals surface area contributed by atoms with Crippen molar-refractivity contribution in [1.82, 2.24) is 0 Å². The van der Waals surface area contributed by atoms with Gasteiger partial charge in [0, 0.05) is 6.54 Å². The maximum Gasteiger partial charge on any atom is 1.00 e. The number of rotatable bonds is 16. The fraction of sp³-hybridized carbons (Fsp3) is 0.571. The Morgan fingerprint density at radius 3 is 1.94 bits per heavy atom. The molecule has 1 aliphatic heterocycles. The second kappa shape index (κ2) is 15.9. The molecule has 0 fully saturated rings. The summed E-state index contributed by atoms with van der Waals surface area (Å²) in [6.45, 7) is 2.83. The Bertz CT molecular complexity index is 969. The average Bonchev–Trinajstić information content (AvgIpc) is 3.17. The van der Waals surface area contributed by atoms with Crippen molar-refractivity contribution in [2.24, 2.45) is 0 Å². The molecule has 1 heterocycles. The number of nitrogens with one attached hydrogen (secondary N) is 1. The van der Waals surface area contributed by atoms with Gasteiger partial charge in [0.25, 0.3) is 0 Å². The summed E-state index contributed by atoms with van der Waals surface area (Å²) < 4.78 is 35.9. The number of nitrogens with zero attached hydrogens (tertiary/aromatic N) is 1. The minimum Gasteiger partial charge on any atom is -0.744 e. The third kappa shape index (κ3) is 9.73. The molecule has 0 aliphatic carbocycles. The summed E-state index contributed by atoms with van der Waals surface area (Å²) in [6.07, 6.45) is 16.6. The summed E-state index contributed by atoms with van der Waals surface area (Å²) in [7, 11) is -4.56. The van der Waals surface area contributed by atoms with Crippen molar-refractivity contribution in [1.29, 1.82) is 0 Å². The molecule has 3 rings (SSSR count). The Balaban J connectivity index is 0.00000432. The van der Waals surface area contributed by atoms with Gasteiger partial charge in [0.15, 0.2) is 0 Å². The smallest absolute Gasteiger partial charge is 0.744 e. The van der Waals surface area contributed by atoms with Crippen LogP contribution in [0.5, 0.6) is 0 Å². The fourth-order valence-electron chi connectivity index (χ4n) is 4.93. The Hall–Kier alpha value is -1.05. The second-order valence-electron chi connectivity index (χ2n) is 9.56. The van der Waals surface area contributed by atoms with Crippen LogP contribution in [-0.4, -0.2) is 19.1 Å².